The molecule has 4 N–H and O–H groups in total. The van der Waals surface area contributed by atoms with Crippen molar-refractivity contribution in [3.63, 3.8) is 0 Å². The van der Waals surface area contributed by atoms with Gasteiger partial charge in [0.2, 0.25) is 0 Å². The minimum atomic E-state index is -0.0339. The van der Waals surface area contributed by atoms with Crippen molar-refractivity contribution in [2.45, 2.75) is 43.9 Å². The average Bonchev–Trinajstić information content (AvgIpc) is 2.70. The van der Waals surface area contributed by atoms with Crippen LogP contribution in [0.15, 0.2) is 0 Å². The van der Waals surface area contributed by atoms with Crippen LogP contribution in [0.4, 0.5) is 0 Å². The highest BCUT2D eigenvalue weighted by atomic mass is 16.3. The number of nitrogens with one attached hydrogen (secondary N) is 3. The van der Waals surface area contributed by atoms with Gasteiger partial charge in [-0.05, 0) is 37.5 Å². The third-order valence-electron chi connectivity index (χ3n) is 4.04. The first-order valence-electron chi connectivity index (χ1n) is 5.30. The Labute approximate surface area is 78.0 Å². The van der Waals surface area contributed by atoms with Crippen LogP contribution in [0, 0.1) is 11.8 Å². The molecule has 4 nitrogen and oxygen atoms in total. The van der Waals surface area contributed by atoms with Gasteiger partial charge >= 0.3 is 0 Å². The van der Waals surface area contributed by atoms with Gasteiger partial charge in [0.05, 0.1) is 6.10 Å². The number of aliphatic hydroxyl groups is 1. The Bertz CT molecular complexity index is 211. The normalized spacial score (nSPS) is 54.7. The fourth-order valence-electron chi connectivity index (χ4n) is 3.37. The molecule has 0 aromatic heterocycles. The molecule has 0 aromatic rings. The molecule has 1 heterocycles. The van der Waals surface area contributed by atoms with Gasteiger partial charge in [-0.2, -0.15) is 5.53 Å². The third-order valence-corrected chi connectivity index (χ3v) is 4.04. The summed E-state index contributed by atoms with van der Waals surface area (Å²) in [6.07, 6.45) is 4.52. The van der Waals surface area contributed by atoms with Crippen LogP contribution < -0.4 is 16.4 Å². The zero-order valence-electron chi connectivity index (χ0n) is 7.66. The summed E-state index contributed by atoms with van der Waals surface area (Å²) in [4.78, 5) is 0. The number of fused-ring (bicyclic) bond motifs is 3. The topological polar surface area (TPSA) is 56.3 Å². The quantitative estimate of drug-likeness (QED) is 0.409. The monoisotopic (exact) mass is 183 g/mol. The molecule has 2 aliphatic carbocycles. The predicted molar refractivity (Wildman–Crippen MR) is 48.4 cm³/mol. The molecule has 0 spiro atoms. The van der Waals surface area contributed by atoms with E-state index < -0.39 is 0 Å². The summed E-state index contributed by atoms with van der Waals surface area (Å²) in [6, 6.07) is 1.11. The number of hydrogen-bond acceptors (Lipinski definition) is 4. The molecular weight excluding hydrogens is 166 g/mol. The van der Waals surface area contributed by atoms with E-state index in [0.29, 0.717) is 23.9 Å². The Morgan fingerprint density at radius 3 is 2.69 bits per heavy atom. The molecule has 1 aliphatic heterocycles. The van der Waals surface area contributed by atoms with Crippen LogP contribution >= 0.6 is 0 Å². The Kier molecular flexibility index (Phi) is 1.83. The van der Waals surface area contributed by atoms with Gasteiger partial charge in [-0.3, -0.25) is 0 Å². The first kappa shape index (κ1) is 8.17. The Hall–Kier alpha value is -0.160. The zero-order valence-corrected chi connectivity index (χ0v) is 7.66. The maximum absolute atomic E-state index is 9.78. The average molecular weight is 183 g/mol. The van der Waals surface area contributed by atoms with Gasteiger partial charge in [-0.25, -0.2) is 10.9 Å². The lowest BCUT2D eigenvalue weighted by Gasteiger charge is -2.35. The molecule has 3 fully saturated rings. The van der Waals surface area contributed by atoms with Gasteiger partial charge in [0, 0.05) is 12.1 Å². The summed E-state index contributed by atoms with van der Waals surface area (Å²) in [7, 11) is 0. The molecule has 3 aliphatic rings. The molecule has 3 rings (SSSR count). The molecule has 4 heteroatoms. The molecule has 0 amide bonds. The molecule has 2 saturated carbocycles. The van der Waals surface area contributed by atoms with Crippen LogP contribution in [0.1, 0.15) is 25.7 Å². The van der Waals surface area contributed by atoms with E-state index in [1.165, 1.54) is 19.3 Å². The van der Waals surface area contributed by atoms with Crippen molar-refractivity contribution in [3.05, 3.63) is 0 Å². The molecule has 1 saturated heterocycles. The van der Waals surface area contributed by atoms with Gasteiger partial charge in [0.15, 0.2) is 0 Å². The van der Waals surface area contributed by atoms with Crippen LogP contribution in [0.25, 0.3) is 0 Å². The summed E-state index contributed by atoms with van der Waals surface area (Å²) in [5.74, 6) is 1.23. The van der Waals surface area contributed by atoms with Crippen molar-refractivity contribution < 1.29 is 5.11 Å². The highest BCUT2D eigenvalue weighted by molar-refractivity contribution is 5.01. The predicted octanol–water partition coefficient (Wildman–Crippen LogP) is -0.483. The molecular formula is C9H17N3O. The van der Waals surface area contributed by atoms with Crippen LogP contribution in [0.3, 0.4) is 0 Å². The summed E-state index contributed by atoms with van der Waals surface area (Å²) >= 11 is 0. The molecule has 13 heavy (non-hydrogen) atoms. The molecule has 0 aromatic carbocycles. The van der Waals surface area contributed by atoms with Gasteiger partial charge in [0.25, 0.3) is 0 Å². The SMILES string of the molecule is OC1CCC2C1CCC1NNNC12. The van der Waals surface area contributed by atoms with E-state index >= 15 is 0 Å². The highest BCUT2D eigenvalue weighted by Crippen LogP contribution is 2.42. The summed E-state index contributed by atoms with van der Waals surface area (Å²) in [5, 5.41) is 9.78. The maximum Gasteiger partial charge on any atom is 0.0571 e. The molecule has 5 unspecified atom stereocenters. The Morgan fingerprint density at radius 1 is 0.923 bits per heavy atom. The Balaban J connectivity index is 1.81. The minimum absolute atomic E-state index is 0.0339. The van der Waals surface area contributed by atoms with Crippen LogP contribution in [0.2, 0.25) is 0 Å². The molecule has 0 bridgehead atoms. The first-order valence-corrected chi connectivity index (χ1v) is 5.30. The lowest BCUT2D eigenvalue weighted by molar-refractivity contribution is 0.0815. The number of aliphatic hydroxyl groups excluding tert-OH is 1. The lowest BCUT2D eigenvalue weighted by Crippen LogP contribution is -2.47. The molecule has 0 radical (unpaired) electrons. The van der Waals surface area contributed by atoms with E-state index in [1.54, 1.807) is 0 Å². The number of hydrogen-bond donors (Lipinski definition) is 4. The van der Waals surface area contributed by atoms with Crippen molar-refractivity contribution in [1.82, 2.24) is 16.4 Å². The maximum atomic E-state index is 9.78. The Morgan fingerprint density at radius 2 is 1.77 bits per heavy atom. The van der Waals surface area contributed by atoms with Crippen LogP contribution in [-0.4, -0.2) is 23.3 Å². The largest absolute Gasteiger partial charge is 0.393 e. The van der Waals surface area contributed by atoms with E-state index in [0.717, 1.165) is 6.42 Å². The van der Waals surface area contributed by atoms with Crippen molar-refractivity contribution in [2.75, 3.05) is 0 Å². The summed E-state index contributed by atoms with van der Waals surface area (Å²) in [6.45, 7) is 0. The lowest BCUT2D eigenvalue weighted by atomic mass is 9.75. The molecule has 74 valence electrons. The van der Waals surface area contributed by atoms with Crippen molar-refractivity contribution >= 4 is 0 Å². The van der Waals surface area contributed by atoms with Crippen molar-refractivity contribution in [1.29, 1.82) is 0 Å². The third kappa shape index (κ3) is 1.13. The number of hydrazine groups is 2. The second-order valence-corrected chi connectivity index (χ2v) is 4.60. The molecule has 5 atom stereocenters. The van der Waals surface area contributed by atoms with E-state index in [1.807, 2.05) is 0 Å². The van der Waals surface area contributed by atoms with E-state index in [-0.39, 0.29) is 6.10 Å². The fourth-order valence-corrected chi connectivity index (χ4v) is 3.37. The van der Waals surface area contributed by atoms with Crippen LogP contribution in [-0.2, 0) is 0 Å². The second kappa shape index (κ2) is 2.92. The zero-order chi connectivity index (χ0) is 8.84. The first-order chi connectivity index (χ1) is 6.36. The fraction of sp³-hybridized carbons (Fsp3) is 1.00. The van der Waals surface area contributed by atoms with E-state index in [2.05, 4.69) is 16.4 Å². The van der Waals surface area contributed by atoms with E-state index in [9.17, 15) is 5.11 Å². The highest BCUT2D eigenvalue weighted by Gasteiger charge is 2.47. The van der Waals surface area contributed by atoms with Gasteiger partial charge < -0.3 is 5.11 Å². The minimum Gasteiger partial charge on any atom is -0.393 e. The number of rotatable bonds is 0. The van der Waals surface area contributed by atoms with Crippen molar-refractivity contribution in [3.8, 4) is 0 Å². The van der Waals surface area contributed by atoms with Gasteiger partial charge in [-0.1, -0.05) is 0 Å². The smallest absolute Gasteiger partial charge is 0.0571 e. The van der Waals surface area contributed by atoms with Gasteiger partial charge in [0.1, 0.15) is 0 Å². The van der Waals surface area contributed by atoms with Crippen LogP contribution in [0.5, 0.6) is 0 Å². The van der Waals surface area contributed by atoms with E-state index in [4.69, 9.17) is 0 Å². The standard InChI is InChI=1S/C9H17N3O/c13-8-4-2-6-5(8)1-3-7-9(6)11-12-10-7/h5-13H,1-4H2. The summed E-state index contributed by atoms with van der Waals surface area (Å²) < 4.78 is 0. The van der Waals surface area contributed by atoms with Gasteiger partial charge in [-0.15, -0.1) is 0 Å². The van der Waals surface area contributed by atoms with Crippen molar-refractivity contribution in [2.24, 2.45) is 11.8 Å². The summed E-state index contributed by atoms with van der Waals surface area (Å²) in [5.41, 5.74) is 9.53. The second-order valence-electron chi connectivity index (χ2n) is 4.60.